The quantitative estimate of drug-likeness (QED) is 0.714. The van der Waals surface area contributed by atoms with E-state index < -0.39 is 15.9 Å². The van der Waals surface area contributed by atoms with Crippen molar-refractivity contribution in [1.82, 2.24) is 9.62 Å². The van der Waals surface area contributed by atoms with Crippen molar-refractivity contribution in [2.24, 2.45) is 0 Å². The third-order valence-electron chi connectivity index (χ3n) is 4.01. The van der Waals surface area contributed by atoms with Crippen molar-refractivity contribution >= 4 is 38.9 Å². The monoisotopic (exact) mass is 416 g/mol. The van der Waals surface area contributed by atoms with Crippen LogP contribution >= 0.6 is 22.9 Å². The molecule has 1 aromatic heterocycles. The summed E-state index contributed by atoms with van der Waals surface area (Å²) in [6.45, 7) is 0.419. The summed E-state index contributed by atoms with van der Waals surface area (Å²) >= 11 is 7.76. The van der Waals surface area contributed by atoms with E-state index in [-0.39, 0.29) is 21.5 Å². The number of thiophene rings is 1. The van der Waals surface area contributed by atoms with Gasteiger partial charge in [-0.15, -0.1) is 11.3 Å². The lowest BCUT2D eigenvalue weighted by molar-refractivity contribution is -0.890. The summed E-state index contributed by atoms with van der Waals surface area (Å²) in [7, 11) is 3.28. The Bertz CT molecular complexity index is 865. The number of rotatable bonds is 7. The average Bonchev–Trinajstić information content (AvgIpc) is 3.08. The van der Waals surface area contributed by atoms with E-state index in [0.29, 0.717) is 6.54 Å². The smallest absolute Gasteiger partial charge is 0.253 e. The van der Waals surface area contributed by atoms with Gasteiger partial charge in [0.1, 0.15) is 6.04 Å². The molecule has 0 aliphatic carbocycles. The summed E-state index contributed by atoms with van der Waals surface area (Å²) < 4.78 is 25.7. The molecule has 1 atom stereocenters. The molecule has 6 nitrogen and oxygen atoms in total. The van der Waals surface area contributed by atoms with E-state index in [1.165, 1.54) is 42.1 Å². The standard InChI is InChI=1S/C17H22ClN3O3S2/c1-20(2)15(16-6-5-9-25-16)11-19-17(22)13-10-12(7-8-14(13)18)26(23,24)21(3)4/h5-10,15H,11H2,1-4H3,(H,19,22)/p+1/t15-/m1/s1. The van der Waals surface area contributed by atoms with Gasteiger partial charge in [0.25, 0.3) is 5.91 Å². The summed E-state index contributed by atoms with van der Waals surface area (Å²) in [4.78, 5) is 15.0. The zero-order chi connectivity index (χ0) is 19.5. The number of hydrogen-bond donors (Lipinski definition) is 2. The molecule has 0 radical (unpaired) electrons. The number of likely N-dealkylation sites (N-methyl/N-ethyl adjacent to an activating group) is 1. The van der Waals surface area contributed by atoms with Gasteiger partial charge in [-0.1, -0.05) is 17.7 Å². The van der Waals surface area contributed by atoms with Gasteiger partial charge in [0, 0.05) is 14.1 Å². The van der Waals surface area contributed by atoms with Crippen LogP contribution in [0.3, 0.4) is 0 Å². The van der Waals surface area contributed by atoms with Gasteiger partial charge in [-0.2, -0.15) is 0 Å². The molecule has 0 fully saturated rings. The maximum Gasteiger partial charge on any atom is 0.253 e. The maximum absolute atomic E-state index is 12.6. The Morgan fingerprint density at radius 3 is 2.54 bits per heavy atom. The van der Waals surface area contributed by atoms with E-state index in [1.807, 2.05) is 31.6 Å². The number of nitrogens with one attached hydrogen (secondary N) is 2. The van der Waals surface area contributed by atoms with Crippen molar-refractivity contribution < 1.29 is 18.1 Å². The average molecular weight is 417 g/mol. The Balaban J connectivity index is 2.22. The van der Waals surface area contributed by atoms with E-state index in [9.17, 15) is 13.2 Å². The Hall–Kier alpha value is -1.45. The highest BCUT2D eigenvalue weighted by molar-refractivity contribution is 7.89. The number of carbonyl (C=O) groups is 1. The predicted molar refractivity (Wildman–Crippen MR) is 105 cm³/mol. The van der Waals surface area contributed by atoms with E-state index in [2.05, 4.69) is 5.32 Å². The molecule has 0 saturated carbocycles. The number of nitrogens with zero attached hydrogens (tertiary/aromatic N) is 1. The van der Waals surface area contributed by atoms with E-state index >= 15 is 0 Å². The lowest BCUT2D eigenvalue weighted by Crippen LogP contribution is -3.06. The van der Waals surface area contributed by atoms with Crippen molar-refractivity contribution in [3.05, 3.63) is 51.2 Å². The second-order valence-electron chi connectivity index (χ2n) is 6.28. The Labute approximate surface area is 163 Å². The van der Waals surface area contributed by atoms with Gasteiger partial charge >= 0.3 is 0 Å². The molecule has 1 amide bonds. The third kappa shape index (κ3) is 4.63. The highest BCUT2D eigenvalue weighted by Gasteiger charge is 2.23. The molecule has 2 N–H and O–H groups in total. The van der Waals surface area contributed by atoms with Gasteiger partial charge in [0.15, 0.2) is 0 Å². The van der Waals surface area contributed by atoms with Gasteiger partial charge < -0.3 is 10.2 Å². The predicted octanol–water partition coefficient (Wildman–Crippen LogP) is 1.27. The molecule has 0 saturated heterocycles. The van der Waals surface area contributed by atoms with Crippen LogP contribution in [-0.4, -0.2) is 53.4 Å². The second kappa shape index (κ2) is 8.49. The number of sulfonamides is 1. The first-order valence-electron chi connectivity index (χ1n) is 7.98. The summed E-state index contributed by atoms with van der Waals surface area (Å²) in [6.07, 6.45) is 0. The minimum Gasteiger partial charge on any atom is -0.346 e. The van der Waals surface area contributed by atoms with Crippen molar-refractivity contribution in [1.29, 1.82) is 0 Å². The van der Waals surface area contributed by atoms with Crippen molar-refractivity contribution in [2.45, 2.75) is 10.9 Å². The van der Waals surface area contributed by atoms with Gasteiger partial charge in [0.05, 0.1) is 41.0 Å². The highest BCUT2D eigenvalue weighted by atomic mass is 35.5. The minimum atomic E-state index is -3.64. The van der Waals surface area contributed by atoms with Crippen molar-refractivity contribution in [3.63, 3.8) is 0 Å². The first-order chi connectivity index (χ1) is 12.1. The first-order valence-corrected chi connectivity index (χ1v) is 10.7. The first kappa shape index (κ1) is 20.9. The largest absolute Gasteiger partial charge is 0.346 e. The minimum absolute atomic E-state index is 0.0325. The Morgan fingerprint density at radius 2 is 2.00 bits per heavy atom. The Kier molecular flexibility index (Phi) is 6.81. The molecule has 1 aromatic carbocycles. The van der Waals surface area contributed by atoms with Gasteiger partial charge in [0.2, 0.25) is 10.0 Å². The molecule has 0 aliphatic rings. The topological polar surface area (TPSA) is 70.9 Å². The second-order valence-corrected chi connectivity index (χ2v) is 9.82. The number of amides is 1. The fraction of sp³-hybridized carbons (Fsp3) is 0.353. The maximum atomic E-state index is 12.6. The fourth-order valence-corrected chi connectivity index (χ4v) is 4.50. The van der Waals surface area contributed by atoms with E-state index in [0.717, 1.165) is 4.31 Å². The number of carbonyl (C=O) groups excluding carboxylic acids is 1. The van der Waals surface area contributed by atoms with Crippen LogP contribution in [0.2, 0.25) is 5.02 Å². The van der Waals surface area contributed by atoms with Gasteiger partial charge in [-0.05, 0) is 29.6 Å². The number of benzene rings is 1. The third-order valence-corrected chi connectivity index (χ3v) is 7.14. The van der Waals surface area contributed by atoms with Crippen LogP contribution in [0.25, 0.3) is 0 Å². The van der Waals surface area contributed by atoms with Crippen LogP contribution in [0.15, 0.2) is 40.6 Å². The molecule has 0 aliphatic heterocycles. The fourth-order valence-electron chi connectivity index (χ4n) is 2.42. The summed E-state index contributed by atoms with van der Waals surface area (Å²) in [5.41, 5.74) is 0.147. The molecule has 0 unspecified atom stereocenters. The van der Waals surface area contributed by atoms with Crippen LogP contribution in [0, 0.1) is 0 Å². The summed E-state index contributed by atoms with van der Waals surface area (Å²) in [6, 6.07) is 8.26. The number of quaternary nitrogens is 1. The molecule has 2 aromatic rings. The summed E-state index contributed by atoms with van der Waals surface area (Å²) in [5, 5.41) is 5.08. The molecule has 2 rings (SSSR count). The molecule has 9 heteroatoms. The van der Waals surface area contributed by atoms with Crippen LogP contribution in [-0.2, 0) is 10.0 Å². The number of halogens is 1. The molecular formula is C17H23ClN3O3S2+. The van der Waals surface area contributed by atoms with E-state index in [4.69, 9.17) is 11.6 Å². The molecule has 1 heterocycles. The lowest BCUT2D eigenvalue weighted by atomic mass is 10.2. The van der Waals surface area contributed by atoms with E-state index in [1.54, 1.807) is 11.3 Å². The van der Waals surface area contributed by atoms with Crippen LogP contribution in [0.5, 0.6) is 0 Å². The van der Waals surface area contributed by atoms with Crippen LogP contribution < -0.4 is 10.2 Å². The van der Waals surface area contributed by atoms with Crippen molar-refractivity contribution in [3.8, 4) is 0 Å². The molecule has 142 valence electrons. The summed E-state index contributed by atoms with van der Waals surface area (Å²) in [5.74, 6) is -0.395. The van der Waals surface area contributed by atoms with Crippen LogP contribution in [0.1, 0.15) is 21.3 Å². The molecular weight excluding hydrogens is 394 g/mol. The Morgan fingerprint density at radius 1 is 1.31 bits per heavy atom. The lowest BCUT2D eigenvalue weighted by Gasteiger charge is -2.21. The normalized spacial score (nSPS) is 13.2. The molecule has 26 heavy (non-hydrogen) atoms. The highest BCUT2D eigenvalue weighted by Crippen LogP contribution is 2.22. The number of hydrogen-bond acceptors (Lipinski definition) is 4. The zero-order valence-electron chi connectivity index (χ0n) is 15.1. The van der Waals surface area contributed by atoms with Crippen molar-refractivity contribution in [2.75, 3.05) is 34.7 Å². The SMILES string of the molecule is CN(C)S(=O)(=O)c1ccc(Cl)c(C(=O)NC[C@H](c2cccs2)[NH+](C)C)c1. The van der Waals surface area contributed by atoms with Crippen LogP contribution in [0.4, 0.5) is 0 Å². The zero-order valence-corrected chi connectivity index (χ0v) is 17.5. The molecule has 0 bridgehead atoms. The van der Waals surface area contributed by atoms with Gasteiger partial charge in [-0.25, -0.2) is 12.7 Å². The van der Waals surface area contributed by atoms with Gasteiger partial charge in [-0.3, -0.25) is 4.79 Å². The molecule has 0 spiro atoms.